The maximum atomic E-state index is 13.7. The summed E-state index contributed by atoms with van der Waals surface area (Å²) >= 11 is 0. The molecule has 8 nitrogen and oxygen atoms in total. The van der Waals surface area contributed by atoms with Gasteiger partial charge in [0, 0.05) is 31.4 Å². The molecule has 0 bridgehead atoms. The summed E-state index contributed by atoms with van der Waals surface area (Å²) in [5.74, 6) is -0.0674. The molecule has 2 saturated heterocycles. The molecule has 2 atom stereocenters. The molecular formula is C18H22FN5O3. The molecule has 2 fully saturated rings. The summed E-state index contributed by atoms with van der Waals surface area (Å²) in [6.45, 7) is 2.94. The van der Waals surface area contributed by atoms with Crippen molar-refractivity contribution in [2.45, 2.75) is 12.0 Å². The molecule has 144 valence electrons. The predicted molar refractivity (Wildman–Crippen MR) is 94.8 cm³/mol. The minimum atomic E-state index is -0.540. The number of halogens is 1. The number of carbonyl (C=O) groups excluding carboxylic acids is 1. The lowest BCUT2D eigenvalue weighted by Gasteiger charge is -2.31. The number of nitrogens with zero attached hydrogens (tertiary/aromatic N) is 3. The summed E-state index contributed by atoms with van der Waals surface area (Å²) in [6.07, 6.45) is 3.83. The van der Waals surface area contributed by atoms with Crippen molar-refractivity contribution in [3.05, 3.63) is 42.1 Å². The van der Waals surface area contributed by atoms with Crippen LogP contribution in [0, 0.1) is 11.7 Å². The van der Waals surface area contributed by atoms with Crippen molar-refractivity contribution in [1.29, 1.82) is 0 Å². The number of nitrogens with one attached hydrogen (secondary N) is 2. The first kappa shape index (κ1) is 17.9. The number of hydrogen-bond donors (Lipinski definition) is 2. The van der Waals surface area contributed by atoms with Crippen LogP contribution in [-0.2, 0) is 9.47 Å². The Hall–Kier alpha value is -2.52. The average Bonchev–Trinajstić information content (AvgIpc) is 3.29. The van der Waals surface area contributed by atoms with Crippen LogP contribution >= 0.6 is 0 Å². The van der Waals surface area contributed by atoms with Gasteiger partial charge in [0.25, 0.3) is 5.91 Å². The summed E-state index contributed by atoms with van der Waals surface area (Å²) in [5, 5.41) is 9.60. The molecule has 2 unspecified atom stereocenters. The Kier molecular flexibility index (Phi) is 5.04. The lowest BCUT2D eigenvalue weighted by atomic mass is 9.94. The highest BCUT2D eigenvalue weighted by molar-refractivity contribution is 5.92. The van der Waals surface area contributed by atoms with E-state index in [1.807, 2.05) is 0 Å². The Labute approximate surface area is 156 Å². The summed E-state index contributed by atoms with van der Waals surface area (Å²) in [5.41, 5.74) is -0.0878. The third-order valence-corrected chi connectivity index (χ3v) is 4.97. The van der Waals surface area contributed by atoms with Crippen molar-refractivity contribution in [1.82, 2.24) is 20.1 Å². The van der Waals surface area contributed by atoms with Gasteiger partial charge in [0.15, 0.2) is 11.6 Å². The van der Waals surface area contributed by atoms with Gasteiger partial charge in [0.2, 0.25) is 0 Å². The van der Waals surface area contributed by atoms with E-state index in [1.54, 1.807) is 29.4 Å². The van der Waals surface area contributed by atoms with Crippen LogP contribution in [0.15, 0.2) is 30.6 Å². The first-order valence-corrected chi connectivity index (χ1v) is 9.00. The molecule has 2 aliphatic heterocycles. The molecule has 0 aromatic carbocycles. The Morgan fingerprint density at radius 2 is 2.37 bits per heavy atom. The quantitative estimate of drug-likeness (QED) is 0.837. The van der Waals surface area contributed by atoms with E-state index in [0.717, 1.165) is 6.42 Å². The lowest BCUT2D eigenvalue weighted by molar-refractivity contribution is -0.0538. The van der Waals surface area contributed by atoms with Gasteiger partial charge in [0.05, 0.1) is 26.4 Å². The zero-order valence-corrected chi connectivity index (χ0v) is 14.9. The largest absolute Gasteiger partial charge is 0.377 e. The molecule has 2 aliphatic rings. The molecule has 0 saturated carbocycles. The van der Waals surface area contributed by atoms with Gasteiger partial charge in [-0.3, -0.25) is 9.89 Å². The summed E-state index contributed by atoms with van der Waals surface area (Å²) in [4.78, 5) is 18.4. The molecule has 1 amide bonds. The van der Waals surface area contributed by atoms with Crippen LogP contribution in [0.4, 0.5) is 10.2 Å². The van der Waals surface area contributed by atoms with Crippen molar-refractivity contribution in [3.63, 3.8) is 0 Å². The fraction of sp³-hybridized carbons (Fsp3) is 0.500. The first-order valence-electron chi connectivity index (χ1n) is 9.00. The molecule has 2 aromatic rings. The minimum Gasteiger partial charge on any atom is -0.377 e. The normalized spacial score (nSPS) is 25.5. The van der Waals surface area contributed by atoms with Gasteiger partial charge in [-0.15, -0.1) is 0 Å². The SMILES string of the molecule is O=C(c1ccn[nH]1)N1CCOCC2(CC(CNc3ncccc3F)CO2)C1. The first-order chi connectivity index (χ1) is 13.2. The van der Waals surface area contributed by atoms with E-state index in [0.29, 0.717) is 45.1 Å². The van der Waals surface area contributed by atoms with Crippen molar-refractivity contribution >= 4 is 11.7 Å². The highest BCUT2D eigenvalue weighted by Crippen LogP contribution is 2.33. The number of carbonyl (C=O) groups is 1. The van der Waals surface area contributed by atoms with Gasteiger partial charge >= 0.3 is 0 Å². The van der Waals surface area contributed by atoms with Crippen LogP contribution < -0.4 is 5.32 Å². The second-order valence-electron chi connectivity index (χ2n) is 7.03. The van der Waals surface area contributed by atoms with Gasteiger partial charge in [-0.05, 0) is 24.6 Å². The monoisotopic (exact) mass is 375 g/mol. The standard InChI is InChI=1S/C18H22FN5O3/c19-14-2-1-4-20-16(14)21-9-13-8-18(27-10-13)11-24(6-7-26-12-18)17(25)15-3-5-22-23-15/h1-5,13H,6-12H2,(H,20,21)(H,22,23). The Morgan fingerprint density at radius 3 is 3.19 bits per heavy atom. The van der Waals surface area contributed by atoms with Gasteiger partial charge in [-0.1, -0.05) is 0 Å². The molecule has 0 aliphatic carbocycles. The van der Waals surface area contributed by atoms with Crippen LogP contribution in [0.3, 0.4) is 0 Å². The highest BCUT2D eigenvalue weighted by atomic mass is 19.1. The van der Waals surface area contributed by atoms with Gasteiger partial charge in [-0.2, -0.15) is 5.10 Å². The maximum Gasteiger partial charge on any atom is 0.272 e. The second kappa shape index (κ2) is 7.61. The average molecular weight is 375 g/mol. The lowest BCUT2D eigenvalue weighted by Crippen LogP contribution is -2.46. The minimum absolute atomic E-state index is 0.113. The fourth-order valence-corrected chi connectivity index (χ4v) is 3.66. The van der Waals surface area contributed by atoms with Crippen LogP contribution in [0.1, 0.15) is 16.9 Å². The second-order valence-corrected chi connectivity index (χ2v) is 7.03. The van der Waals surface area contributed by atoms with Crippen molar-refractivity contribution in [2.24, 2.45) is 5.92 Å². The number of hydrogen-bond acceptors (Lipinski definition) is 6. The smallest absolute Gasteiger partial charge is 0.272 e. The third kappa shape index (κ3) is 3.93. The number of H-pyrrole nitrogens is 1. The van der Waals surface area contributed by atoms with E-state index < -0.39 is 5.60 Å². The number of aromatic amines is 1. The van der Waals surface area contributed by atoms with Gasteiger partial charge in [0.1, 0.15) is 11.3 Å². The molecule has 0 radical (unpaired) electrons. The van der Waals surface area contributed by atoms with Gasteiger partial charge < -0.3 is 19.7 Å². The maximum absolute atomic E-state index is 13.7. The molecule has 27 heavy (non-hydrogen) atoms. The summed E-state index contributed by atoms with van der Waals surface area (Å²) in [7, 11) is 0. The Bertz CT molecular complexity index is 787. The molecule has 9 heteroatoms. The van der Waals surface area contributed by atoms with E-state index in [-0.39, 0.29) is 23.5 Å². The Morgan fingerprint density at radius 1 is 1.44 bits per heavy atom. The van der Waals surface area contributed by atoms with Crippen molar-refractivity contribution < 1.29 is 18.7 Å². The molecule has 4 rings (SSSR count). The number of pyridine rings is 1. The van der Waals surface area contributed by atoms with E-state index in [9.17, 15) is 9.18 Å². The van der Waals surface area contributed by atoms with Crippen LogP contribution in [-0.4, -0.2) is 71.0 Å². The molecule has 4 heterocycles. The van der Waals surface area contributed by atoms with Crippen molar-refractivity contribution in [2.75, 3.05) is 44.8 Å². The predicted octanol–water partition coefficient (Wildman–Crippen LogP) is 1.30. The van der Waals surface area contributed by atoms with Gasteiger partial charge in [-0.25, -0.2) is 9.37 Å². The number of amides is 1. The van der Waals surface area contributed by atoms with E-state index in [2.05, 4.69) is 20.5 Å². The summed E-state index contributed by atoms with van der Waals surface area (Å²) in [6, 6.07) is 4.59. The third-order valence-electron chi connectivity index (χ3n) is 4.97. The Balaban J connectivity index is 1.39. The number of anilines is 1. The number of rotatable bonds is 4. The molecular weight excluding hydrogens is 353 g/mol. The van der Waals surface area contributed by atoms with E-state index in [1.165, 1.54) is 6.07 Å². The molecule has 2 aromatic heterocycles. The van der Waals surface area contributed by atoms with Crippen molar-refractivity contribution in [3.8, 4) is 0 Å². The van der Waals surface area contributed by atoms with E-state index in [4.69, 9.17) is 9.47 Å². The van der Waals surface area contributed by atoms with E-state index >= 15 is 0 Å². The topological polar surface area (TPSA) is 92.4 Å². The fourth-order valence-electron chi connectivity index (χ4n) is 3.66. The highest BCUT2D eigenvalue weighted by Gasteiger charge is 2.44. The molecule has 2 N–H and O–H groups in total. The summed E-state index contributed by atoms with van der Waals surface area (Å²) < 4.78 is 25.5. The zero-order chi connectivity index (χ0) is 18.7. The number of aromatic nitrogens is 3. The number of ether oxygens (including phenoxy) is 2. The van der Waals surface area contributed by atoms with Crippen LogP contribution in [0.5, 0.6) is 0 Å². The molecule has 1 spiro atoms. The van der Waals surface area contributed by atoms with Crippen LogP contribution in [0.25, 0.3) is 0 Å². The zero-order valence-electron chi connectivity index (χ0n) is 14.9. The van der Waals surface area contributed by atoms with Crippen LogP contribution in [0.2, 0.25) is 0 Å².